The summed E-state index contributed by atoms with van der Waals surface area (Å²) in [6.45, 7) is 6.07. The van der Waals surface area contributed by atoms with E-state index in [1.807, 2.05) is 54.6 Å². The van der Waals surface area contributed by atoms with Gasteiger partial charge in [-0.05, 0) is 66.4 Å². The molecule has 0 spiro atoms. The molecule has 2 N–H and O–H groups in total. The van der Waals surface area contributed by atoms with E-state index in [9.17, 15) is 10.1 Å². The summed E-state index contributed by atoms with van der Waals surface area (Å²) in [5, 5.41) is 11.0. The van der Waals surface area contributed by atoms with Crippen molar-refractivity contribution in [1.29, 1.82) is 5.26 Å². The van der Waals surface area contributed by atoms with Crippen molar-refractivity contribution < 1.29 is 23.7 Å². The largest absolute Gasteiger partial charge is 0.489 e. The van der Waals surface area contributed by atoms with Crippen molar-refractivity contribution in [3.63, 3.8) is 0 Å². The fourth-order valence-electron chi connectivity index (χ4n) is 4.81. The van der Waals surface area contributed by atoms with Gasteiger partial charge in [0, 0.05) is 27.2 Å². The molecule has 0 radical (unpaired) electrons. The molecular formula is C35H30Cl2N2O5. The lowest BCUT2D eigenvalue weighted by Gasteiger charge is -2.27. The minimum Gasteiger partial charge on any atom is -0.489 e. The van der Waals surface area contributed by atoms with Crippen LogP contribution in [-0.2, 0) is 11.4 Å². The van der Waals surface area contributed by atoms with Gasteiger partial charge in [-0.1, -0.05) is 73.4 Å². The first-order valence-electron chi connectivity index (χ1n) is 14.0. The Hall–Kier alpha value is -4.64. The monoisotopic (exact) mass is 628 g/mol. The van der Waals surface area contributed by atoms with Crippen molar-refractivity contribution in [3.05, 3.63) is 129 Å². The molecule has 0 saturated carbocycles. The maximum Gasteiger partial charge on any atom is 0.352 e. The number of allylic oxidation sites excluding steroid dienone is 1. The van der Waals surface area contributed by atoms with E-state index >= 15 is 0 Å². The van der Waals surface area contributed by atoms with Gasteiger partial charge in [0.2, 0.25) is 5.88 Å². The number of benzene rings is 4. The summed E-state index contributed by atoms with van der Waals surface area (Å²) in [4.78, 5) is 12.9. The van der Waals surface area contributed by atoms with Crippen LogP contribution in [0.25, 0.3) is 0 Å². The van der Waals surface area contributed by atoms with Gasteiger partial charge in [-0.15, -0.1) is 0 Å². The van der Waals surface area contributed by atoms with Crippen LogP contribution in [0.2, 0.25) is 10.0 Å². The molecule has 5 rings (SSSR count). The Morgan fingerprint density at radius 2 is 1.70 bits per heavy atom. The molecule has 4 aromatic carbocycles. The number of nitriles is 1. The molecule has 1 aliphatic heterocycles. The Morgan fingerprint density at radius 3 is 2.41 bits per heavy atom. The van der Waals surface area contributed by atoms with Gasteiger partial charge in [0.05, 0.1) is 5.92 Å². The van der Waals surface area contributed by atoms with E-state index in [0.29, 0.717) is 38.8 Å². The molecule has 44 heavy (non-hydrogen) atoms. The molecule has 2 atom stereocenters. The van der Waals surface area contributed by atoms with Crippen LogP contribution in [0.1, 0.15) is 54.9 Å². The number of ether oxygens (including phenoxy) is 4. The summed E-state index contributed by atoms with van der Waals surface area (Å²) in [6.07, 6.45) is -0.856. The average molecular weight is 630 g/mol. The summed E-state index contributed by atoms with van der Waals surface area (Å²) in [6, 6.07) is 27.4. The number of carbonyl (C=O) groups is 1. The van der Waals surface area contributed by atoms with Gasteiger partial charge in [0.25, 0.3) is 0 Å². The molecule has 0 amide bonds. The molecule has 7 nitrogen and oxygen atoms in total. The number of carbonyl (C=O) groups excluding carboxylic acids is 1. The number of esters is 1. The number of hydrogen-bond acceptors (Lipinski definition) is 7. The summed E-state index contributed by atoms with van der Waals surface area (Å²) in [7, 11) is 0. The lowest BCUT2D eigenvalue weighted by molar-refractivity contribution is -0.141. The minimum absolute atomic E-state index is 0.0331. The zero-order valence-corrected chi connectivity index (χ0v) is 25.9. The number of hydrogen-bond donors (Lipinski definition) is 1. The molecule has 0 saturated heterocycles. The molecule has 1 aliphatic rings. The fraction of sp³-hybridized carbons (Fsp3) is 0.200. The van der Waals surface area contributed by atoms with Gasteiger partial charge < -0.3 is 24.7 Å². The normalized spacial score (nSPS) is 14.7. The third kappa shape index (κ3) is 6.94. The van der Waals surface area contributed by atoms with E-state index in [4.69, 9.17) is 47.9 Å². The van der Waals surface area contributed by atoms with Gasteiger partial charge in [-0.2, -0.15) is 5.26 Å². The van der Waals surface area contributed by atoms with E-state index in [2.05, 4.69) is 19.9 Å². The maximum atomic E-state index is 12.9. The van der Waals surface area contributed by atoms with Crippen LogP contribution in [0.3, 0.4) is 0 Å². The highest BCUT2D eigenvalue weighted by Crippen LogP contribution is 2.44. The quantitative estimate of drug-likeness (QED) is 0.147. The number of fused-ring (bicyclic) bond motifs is 1. The maximum absolute atomic E-state index is 12.9. The van der Waals surface area contributed by atoms with Crippen LogP contribution in [-0.4, -0.2) is 12.1 Å². The summed E-state index contributed by atoms with van der Waals surface area (Å²) >= 11 is 12.3. The third-order valence-electron chi connectivity index (χ3n) is 7.20. The smallest absolute Gasteiger partial charge is 0.352 e. The first-order chi connectivity index (χ1) is 21.1. The summed E-state index contributed by atoms with van der Waals surface area (Å²) in [5.74, 6) is 1.02. The fourth-order valence-corrected chi connectivity index (χ4v) is 5.27. The van der Waals surface area contributed by atoms with Crippen LogP contribution in [0, 0.1) is 11.3 Å². The molecule has 1 heterocycles. The van der Waals surface area contributed by atoms with Crippen molar-refractivity contribution in [2.75, 3.05) is 0 Å². The predicted molar refractivity (Wildman–Crippen MR) is 169 cm³/mol. The Bertz CT molecular complexity index is 1760. The number of rotatable bonds is 9. The Balaban J connectivity index is 1.33. The van der Waals surface area contributed by atoms with Gasteiger partial charge in [-0.3, -0.25) is 0 Å². The van der Waals surface area contributed by atoms with Crippen LogP contribution in [0.4, 0.5) is 0 Å². The molecule has 4 aromatic rings. The van der Waals surface area contributed by atoms with Crippen LogP contribution < -0.4 is 24.7 Å². The molecular weight excluding hydrogens is 599 g/mol. The van der Waals surface area contributed by atoms with E-state index < -0.39 is 18.0 Å². The molecule has 224 valence electrons. The van der Waals surface area contributed by atoms with Gasteiger partial charge in [0.1, 0.15) is 41.2 Å². The van der Waals surface area contributed by atoms with Gasteiger partial charge in [-0.25, -0.2) is 4.79 Å². The SMILES string of the molecule is CC(Oc1ccc(C(C)C)cc1)C(=O)Oc1ccc2c(c1)OC(N)=C(C#N)C2c1cccc(OCc2ccc(Cl)cc2Cl)c1. The second-order valence-corrected chi connectivity index (χ2v) is 11.5. The van der Waals surface area contributed by atoms with Gasteiger partial charge in [0.15, 0.2) is 6.10 Å². The van der Waals surface area contributed by atoms with E-state index in [1.54, 1.807) is 37.3 Å². The van der Waals surface area contributed by atoms with Crippen LogP contribution >= 0.6 is 23.2 Å². The van der Waals surface area contributed by atoms with Crippen molar-refractivity contribution in [1.82, 2.24) is 0 Å². The molecule has 9 heteroatoms. The van der Waals surface area contributed by atoms with E-state index in [-0.39, 0.29) is 23.8 Å². The van der Waals surface area contributed by atoms with E-state index in [0.717, 1.165) is 11.1 Å². The molecule has 0 aromatic heterocycles. The topological polar surface area (TPSA) is 104 Å². The summed E-state index contributed by atoms with van der Waals surface area (Å²) < 4.78 is 23.2. The third-order valence-corrected chi connectivity index (χ3v) is 7.79. The number of nitrogens with two attached hydrogens (primary N) is 1. The molecule has 0 aliphatic carbocycles. The minimum atomic E-state index is -0.856. The molecule has 0 bridgehead atoms. The first-order valence-corrected chi connectivity index (χ1v) is 14.7. The zero-order valence-electron chi connectivity index (χ0n) is 24.3. The zero-order chi connectivity index (χ0) is 31.4. The Morgan fingerprint density at radius 1 is 0.955 bits per heavy atom. The lowest BCUT2D eigenvalue weighted by Crippen LogP contribution is -2.28. The van der Waals surface area contributed by atoms with Crippen molar-refractivity contribution in [3.8, 4) is 29.1 Å². The van der Waals surface area contributed by atoms with Crippen LogP contribution in [0.15, 0.2) is 96.4 Å². The molecule has 0 fully saturated rings. The highest BCUT2D eigenvalue weighted by molar-refractivity contribution is 6.35. The van der Waals surface area contributed by atoms with Crippen LogP contribution in [0.5, 0.6) is 23.0 Å². The Labute approximate surface area is 266 Å². The number of nitrogens with zero attached hydrogens (tertiary/aromatic N) is 1. The lowest BCUT2D eigenvalue weighted by atomic mass is 9.83. The average Bonchev–Trinajstić information content (AvgIpc) is 3.00. The van der Waals surface area contributed by atoms with Gasteiger partial charge >= 0.3 is 5.97 Å². The summed E-state index contributed by atoms with van der Waals surface area (Å²) in [5.41, 5.74) is 9.86. The second-order valence-electron chi connectivity index (χ2n) is 10.6. The Kier molecular flexibility index (Phi) is 9.34. The van der Waals surface area contributed by atoms with Crippen molar-refractivity contribution in [2.45, 2.75) is 45.3 Å². The van der Waals surface area contributed by atoms with E-state index in [1.165, 1.54) is 5.56 Å². The predicted octanol–water partition coefficient (Wildman–Crippen LogP) is 8.29. The molecule has 2 unspecified atom stereocenters. The van der Waals surface area contributed by atoms with Crippen molar-refractivity contribution >= 4 is 29.2 Å². The highest BCUT2D eigenvalue weighted by atomic mass is 35.5. The highest BCUT2D eigenvalue weighted by Gasteiger charge is 2.31. The number of halogens is 2. The second kappa shape index (κ2) is 13.3. The first kappa shape index (κ1) is 30.8. The standard InChI is InChI=1S/C35H30Cl2N2O5/c1-20(2)22-8-11-26(12-9-22)42-21(3)35(40)43-28-13-14-29-32(17-28)44-34(39)30(18-38)33(29)23-5-4-6-27(15-23)41-19-24-7-10-25(36)16-31(24)37/h4-17,20-21,33H,19,39H2,1-3H3. The van der Waals surface area contributed by atoms with Crippen molar-refractivity contribution in [2.24, 2.45) is 5.73 Å².